The Morgan fingerprint density at radius 3 is 1.68 bits per heavy atom. The molecule has 0 aliphatic heterocycles. The summed E-state index contributed by atoms with van der Waals surface area (Å²) in [5.41, 5.74) is 0. The zero-order valence-electron chi connectivity index (χ0n) is 10.2. The van der Waals surface area contributed by atoms with Crippen LogP contribution in [0.25, 0.3) is 0 Å². The summed E-state index contributed by atoms with van der Waals surface area (Å²) in [6, 6.07) is 17.4. The molecular weight excluding hydrogens is 304 g/mol. The average Bonchev–Trinajstić information content (AvgIpc) is 3.03. The summed E-state index contributed by atoms with van der Waals surface area (Å²) >= 11 is 4.86. The van der Waals surface area contributed by atoms with Crippen LogP contribution in [0.4, 0.5) is 0 Å². The molecule has 0 heterocycles. The molecule has 2 aromatic rings. The van der Waals surface area contributed by atoms with E-state index >= 15 is 0 Å². The maximum Gasteiger partial charge on any atom is 2.00 e. The second-order valence-electron chi connectivity index (χ2n) is 2.64. The van der Waals surface area contributed by atoms with Gasteiger partial charge in [0, 0.05) is 0 Å². The molecule has 0 fully saturated rings. The van der Waals surface area contributed by atoms with Crippen LogP contribution in [0.5, 0.6) is 5.75 Å². The molecule has 0 bridgehead atoms. The van der Waals surface area contributed by atoms with Gasteiger partial charge in [-0.3, -0.25) is 0 Å². The zero-order chi connectivity index (χ0) is 14.2. The molecule has 2 rings (SSSR count). The van der Waals surface area contributed by atoms with Crippen LogP contribution in [-0.4, -0.2) is 7.11 Å². The van der Waals surface area contributed by atoms with Crippen LogP contribution < -0.4 is 4.74 Å². The Hall–Kier alpha value is -1.41. The maximum atomic E-state index is 7.50. The van der Waals surface area contributed by atoms with Crippen molar-refractivity contribution in [1.82, 2.24) is 0 Å². The van der Waals surface area contributed by atoms with E-state index in [1.807, 2.05) is 54.6 Å². The van der Waals surface area contributed by atoms with Crippen molar-refractivity contribution in [2.24, 2.45) is 0 Å². The van der Waals surface area contributed by atoms with Gasteiger partial charge in [0.15, 0.2) is 0 Å². The first kappa shape index (κ1) is 22.7. The summed E-state index contributed by atoms with van der Waals surface area (Å²) in [6.07, 6.45) is 0. The minimum atomic E-state index is 0. The van der Waals surface area contributed by atoms with Crippen LogP contribution in [0.1, 0.15) is 0 Å². The summed E-state index contributed by atoms with van der Waals surface area (Å²) in [4.78, 5) is 0.843. The minimum Gasteiger partial charge on any atom is -0.214 e. The monoisotopic (exact) mass is 316 g/mol. The Morgan fingerprint density at radius 1 is 1.00 bits per heavy atom. The van der Waals surface area contributed by atoms with Gasteiger partial charge in [-0.15, -0.1) is 0 Å². The fourth-order valence-electron chi connectivity index (χ4n) is 0.896. The molecule has 19 heavy (non-hydrogen) atoms. The molecule has 0 unspecified atom stereocenters. The van der Waals surface area contributed by atoms with E-state index in [-0.39, 0.29) is 17.1 Å². The summed E-state index contributed by atoms with van der Waals surface area (Å²) in [6.45, 7) is 9.00. The molecular formula is C14H12FeO3S. The van der Waals surface area contributed by atoms with Gasteiger partial charge < -0.3 is 17.4 Å². The fraction of sp³-hybridized carbons (Fsp3) is 0.0714. The van der Waals surface area contributed by atoms with Crippen molar-refractivity contribution in [3.63, 3.8) is 0 Å². The molecule has 0 N–H and O–H groups in total. The van der Waals surface area contributed by atoms with Gasteiger partial charge >= 0.3 is 39.7 Å². The third kappa shape index (κ3) is 14.5. The Labute approximate surface area is 129 Å². The quantitative estimate of drug-likeness (QED) is 0.351. The minimum absolute atomic E-state index is 0. The topological polar surface area (TPSA) is 49.0 Å². The van der Waals surface area contributed by atoms with E-state index in [1.54, 1.807) is 7.11 Å². The molecule has 100 valence electrons. The van der Waals surface area contributed by atoms with Crippen molar-refractivity contribution < 1.29 is 31.1 Å². The largest absolute Gasteiger partial charge is 2.00 e. The molecule has 0 spiro atoms. The second-order valence-corrected chi connectivity index (χ2v) is 3.11. The van der Waals surface area contributed by atoms with Gasteiger partial charge in [0.1, 0.15) is 5.75 Å². The SMILES string of the molecule is COc1ccc([S-])cc1.[C-]#[O+].[C-]#[O+].[Fe+2].c1cc[cH-]c1. The van der Waals surface area contributed by atoms with E-state index in [0.29, 0.717) is 0 Å². The van der Waals surface area contributed by atoms with E-state index in [9.17, 15) is 0 Å². The first-order valence-corrected chi connectivity index (χ1v) is 5.12. The van der Waals surface area contributed by atoms with Crippen molar-refractivity contribution in [1.29, 1.82) is 0 Å². The van der Waals surface area contributed by atoms with Gasteiger partial charge in [-0.25, -0.2) is 12.1 Å². The average molecular weight is 316 g/mol. The Bertz CT molecular complexity index is 384. The van der Waals surface area contributed by atoms with Crippen molar-refractivity contribution in [3.05, 3.63) is 67.9 Å². The van der Waals surface area contributed by atoms with Gasteiger partial charge in [0.2, 0.25) is 0 Å². The van der Waals surface area contributed by atoms with Crippen LogP contribution in [0, 0.1) is 13.3 Å². The Balaban J connectivity index is -0.000000220. The summed E-state index contributed by atoms with van der Waals surface area (Å²) in [5, 5.41) is 0. The van der Waals surface area contributed by atoms with Crippen molar-refractivity contribution in [2.75, 3.05) is 7.11 Å². The predicted octanol–water partition coefficient (Wildman–Crippen LogP) is 2.93. The predicted molar refractivity (Wildman–Crippen MR) is 68.5 cm³/mol. The van der Waals surface area contributed by atoms with E-state index in [2.05, 4.69) is 13.3 Å². The van der Waals surface area contributed by atoms with Crippen molar-refractivity contribution >= 4 is 12.6 Å². The third-order valence-electron chi connectivity index (χ3n) is 1.61. The van der Waals surface area contributed by atoms with Gasteiger partial charge in [-0.2, -0.15) is 23.1 Å². The summed E-state index contributed by atoms with van der Waals surface area (Å²) < 4.78 is 19.9. The van der Waals surface area contributed by atoms with Crippen molar-refractivity contribution in [3.8, 4) is 5.75 Å². The van der Waals surface area contributed by atoms with Gasteiger partial charge in [0.25, 0.3) is 0 Å². The summed E-state index contributed by atoms with van der Waals surface area (Å²) in [7, 11) is 1.64. The molecule has 0 amide bonds. The molecule has 5 heteroatoms. The van der Waals surface area contributed by atoms with Crippen LogP contribution in [0.3, 0.4) is 0 Å². The van der Waals surface area contributed by atoms with E-state index in [1.165, 1.54) is 0 Å². The standard InChI is InChI=1S/C7H8OS.C5H5.2CO.Fe/c1-8-6-2-4-7(9)5-3-6;1-2-4-5-3-1;2*1-2;/h2-5,9H,1H3;1-5H;;;/q;-1;;;+2/p-1. The molecule has 3 nitrogen and oxygen atoms in total. The van der Waals surface area contributed by atoms with Crippen LogP contribution >= 0.6 is 0 Å². The van der Waals surface area contributed by atoms with E-state index in [0.717, 1.165) is 10.6 Å². The number of ether oxygens (including phenoxy) is 1. The molecule has 0 atom stereocenters. The fourth-order valence-corrected chi connectivity index (χ4v) is 1.03. The Kier molecular flexibility index (Phi) is 22.7. The number of hydrogen-bond acceptors (Lipinski definition) is 2. The molecule has 0 aromatic heterocycles. The molecule has 0 radical (unpaired) electrons. The number of benzene rings is 1. The second kappa shape index (κ2) is 18.9. The summed E-state index contributed by atoms with van der Waals surface area (Å²) in [5.74, 6) is 0.851. The van der Waals surface area contributed by atoms with Gasteiger partial charge in [-0.1, -0.05) is 12.1 Å². The van der Waals surface area contributed by atoms with Crippen LogP contribution in [0.2, 0.25) is 0 Å². The smallest absolute Gasteiger partial charge is 0.214 e. The van der Waals surface area contributed by atoms with E-state index in [4.69, 9.17) is 26.7 Å². The molecule has 0 saturated heterocycles. The van der Waals surface area contributed by atoms with E-state index < -0.39 is 0 Å². The first-order chi connectivity index (χ1) is 8.83. The molecule has 0 aliphatic carbocycles. The Morgan fingerprint density at radius 2 is 1.42 bits per heavy atom. The molecule has 2 aromatic carbocycles. The maximum absolute atomic E-state index is 7.50. The third-order valence-corrected chi connectivity index (χ3v) is 1.89. The van der Waals surface area contributed by atoms with Crippen LogP contribution in [-0.2, 0) is 39.0 Å². The molecule has 0 saturated carbocycles. The van der Waals surface area contributed by atoms with Crippen molar-refractivity contribution in [2.45, 2.75) is 4.90 Å². The van der Waals surface area contributed by atoms with Gasteiger partial charge in [-0.05, 0) is 12.1 Å². The molecule has 0 aliphatic rings. The first-order valence-electron chi connectivity index (χ1n) is 4.71. The van der Waals surface area contributed by atoms with Crippen LogP contribution in [0.15, 0.2) is 59.5 Å². The number of methoxy groups -OCH3 is 1. The zero-order valence-corrected chi connectivity index (χ0v) is 12.1. The normalized spacial score (nSPS) is 6.58. The number of rotatable bonds is 1. The number of hydrogen-bond donors (Lipinski definition) is 0. The van der Waals surface area contributed by atoms with Gasteiger partial charge in [0.05, 0.1) is 7.11 Å².